The van der Waals surface area contributed by atoms with Crippen LogP contribution in [0.3, 0.4) is 0 Å². The van der Waals surface area contributed by atoms with Crippen LogP contribution in [0.2, 0.25) is 0 Å². The van der Waals surface area contributed by atoms with Crippen molar-refractivity contribution in [2.45, 2.75) is 38.6 Å². The Bertz CT molecular complexity index is 268. The minimum absolute atomic E-state index is 0.562. The van der Waals surface area contributed by atoms with Gasteiger partial charge in [0.05, 0.1) is 6.54 Å². The van der Waals surface area contributed by atoms with Gasteiger partial charge in [0.1, 0.15) is 0 Å². The molecule has 0 spiro atoms. The van der Waals surface area contributed by atoms with Gasteiger partial charge in [0.25, 0.3) is 0 Å². The van der Waals surface area contributed by atoms with E-state index in [4.69, 9.17) is 4.42 Å². The van der Waals surface area contributed by atoms with Crippen molar-refractivity contribution in [3.63, 3.8) is 0 Å². The average molecular weight is 181 g/mol. The average Bonchev–Trinajstić information content (AvgIpc) is 2.88. The summed E-state index contributed by atoms with van der Waals surface area (Å²) in [6.45, 7) is 3.84. The number of hydrogen-bond donors (Lipinski definition) is 1. The van der Waals surface area contributed by atoms with E-state index in [9.17, 15) is 0 Å². The molecule has 4 nitrogen and oxygen atoms in total. The molecule has 1 aromatic heterocycles. The van der Waals surface area contributed by atoms with Crippen molar-refractivity contribution < 1.29 is 4.42 Å². The minimum atomic E-state index is 0.562. The molecule has 13 heavy (non-hydrogen) atoms. The van der Waals surface area contributed by atoms with Crippen molar-refractivity contribution in [1.82, 2.24) is 15.5 Å². The lowest BCUT2D eigenvalue weighted by Gasteiger charge is -1.96. The summed E-state index contributed by atoms with van der Waals surface area (Å²) >= 11 is 0. The Labute approximate surface area is 77.7 Å². The minimum Gasteiger partial charge on any atom is -0.424 e. The summed E-state index contributed by atoms with van der Waals surface area (Å²) < 4.78 is 5.47. The fourth-order valence-electron chi connectivity index (χ4n) is 1.21. The van der Waals surface area contributed by atoms with Gasteiger partial charge in [0.2, 0.25) is 11.8 Å². The molecule has 2 rings (SSSR count). The Balaban J connectivity index is 1.82. The lowest BCUT2D eigenvalue weighted by Crippen LogP contribution is -2.13. The molecule has 1 N–H and O–H groups in total. The summed E-state index contributed by atoms with van der Waals surface area (Å²) in [5.41, 5.74) is 0. The first-order chi connectivity index (χ1) is 6.40. The summed E-state index contributed by atoms with van der Waals surface area (Å²) in [6.07, 6.45) is 3.55. The highest BCUT2D eigenvalue weighted by molar-refractivity contribution is 4.99. The molecule has 0 atom stereocenters. The molecule has 1 aliphatic carbocycles. The Morgan fingerprint density at radius 1 is 1.46 bits per heavy atom. The van der Waals surface area contributed by atoms with Crippen molar-refractivity contribution in [3.05, 3.63) is 11.8 Å². The predicted octanol–water partition coefficient (Wildman–Crippen LogP) is 1.45. The molecule has 0 radical (unpaired) electrons. The van der Waals surface area contributed by atoms with Crippen molar-refractivity contribution in [1.29, 1.82) is 0 Å². The smallest absolute Gasteiger partial charge is 0.230 e. The number of rotatable bonds is 5. The lowest BCUT2D eigenvalue weighted by atomic mass is 10.4. The standard InChI is InChI=1S/C9H15N3O/c1-2-5-10-6-8-11-12-9(13-8)7-3-4-7/h7,10H,2-6H2,1H3. The fraction of sp³-hybridized carbons (Fsp3) is 0.778. The van der Waals surface area contributed by atoms with E-state index in [1.54, 1.807) is 0 Å². The highest BCUT2D eigenvalue weighted by Crippen LogP contribution is 2.38. The van der Waals surface area contributed by atoms with Crippen LogP contribution in [0.15, 0.2) is 4.42 Å². The molecule has 72 valence electrons. The fourth-order valence-corrected chi connectivity index (χ4v) is 1.21. The number of aromatic nitrogens is 2. The van der Waals surface area contributed by atoms with Gasteiger partial charge in [-0.2, -0.15) is 0 Å². The van der Waals surface area contributed by atoms with Gasteiger partial charge < -0.3 is 9.73 Å². The van der Waals surface area contributed by atoms with Gasteiger partial charge in [0, 0.05) is 5.92 Å². The van der Waals surface area contributed by atoms with E-state index in [0.717, 1.165) is 24.7 Å². The molecule has 1 aliphatic rings. The van der Waals surface area contributed by atoms with Crippen molar-refractivity contribution in [2.75, 3.05) is 6.54 Å². The van der Waals surface area contributed by atoms with E-state index in [-0.39, 0.29) is 0 Å². The van der Waals surface area contributed by atoms with E-state index >= 15 is 0 Å². The highest BCUT2D eigenvalue weighted by atomic mass is 16.4. The SMILES string of the molecule is CCCNCc1nnc(C2CC2)o1. The maximum atomic E-state index is 5.47. The second-order valence-electron chi connectivity index (χ2n) is 3.49. The van der Waals surface area contributed by atoms with Crippen LogP contribution in [-0.4, -0.2) is 16.7 Å². The number of hydrogen-bond acceptors (Lipinski definition) is 4. The van der Waals surface area contributed by atoms with E-state index in [1.807, 2.05) is 0 Å². The van der Waals surface area contributed by atoms with E-state index in [0.29, 0.717) is 12.5 Å². The van der Waals surface area contributed by atoms with E-state index < -0.39 is 0 Å². The van der Waals surface area contributed by atoms with Gasteiger partial charge in [-0.05, 0) is 25.8 Å². The molecule has 1 saturated carbocycles. The molecule has 0 saturated heterocycles. The first-order valence-corrected chi connectivity index (χ1v) is 4.93. The zero-order chi connectivity index (χ0) is 9.10. The molecule has 4 heteroatoms. The van der Waals surface area contributed by atoms with Crippen LogP contribution < -0.4 is 5.32 Å². The molecule has 0 unspecified atom stereocenters. The predicted molar refractivity (Wildman–Crippen MR) is 48.3 cm³/mol. The Morgan fingerprint density at radius 2 is 2.31 bits per heavy atom. The molecule has 0 amide bonds. The number of nitrogens with zero attached hydrogens (tertiary/aromatic N) is 2. The summed E-state index contributed by atoms with van der Waals surface area (Å²) in [4.78, 5) is 0. The molecule has 1 heterocycles. The normalized spacial score (nSPS) is 16.4. The maximum absolute atomic E-state index is 5.47. The second-order valence-corrected chi connectivity index (χ2v) is 3.49. The molecular formula is C9H15N3O. The lowest BCUT2D eigenvalue weighted by molar-refractivity contribution is 0.433. The molecule has 0 aliphatic heterocycles. The molecule has 0 aromatic carbocycles. The first kappa shape index (κ1) is 8.69. The van der Waals surface area contributed by atoms with Gasteiger partial charge in [-0.3, -0.25) is 0 Å². The van der Waals surface area contributed by atoms with E-state index in [1.165, 1.54) is 12.8 Å². The topological polar surface area (TPSA) is 51.0 Å². The van der Waals surface area contributed by atoms with E-state index in [2.05, 4.69) is 22.4 Å². The third-order valence-electron chi connectivity index (χ3n) is 2.11. The van der Waals surface area contributed by atoms with Crippen LogP contribution in [0.25, 0.3) is 0 Å². The summed E-state index contributed by atoms with van der Waals surface area (Å²) in [7, 11) is 0. The van der Waals surface area contributed by atoms with Crippen LogP contribution in [0.1, 0.15) is 43.9 Å². The Morgan fingerprint density at radius 3 is 3.00 bits per heavy atom. The van der Waals surface area contributed by atoms with Gasteiger partial charge in [-0.1, -0.05) is 6.92 Å². The molecule has 1 aromatic rings. The van der Waals surface area contributed by atoms with Crippen LogP contribution in [-0.2, 0) is 6.54 Å². The van der Waals surface area contributed by atoms with Gasteiger partial charge >= 0.3 is 0 Å². The number of nitrogens with one attached hydrogen (secondary N) is 1. The quantitative estimate of drug-likeness (QED) is 0.698. The molecule has 0 bridgehead atoms. The summed E-state index contributed by atoms with van der Waals surface area (Å²) in [5, 5.41) is 11.2. The molecular weight excluding hydrogens is 166 g/mol. The Kier molecular flexibility index (Phi) is 2.59. The monoisotopic (exact) mass is 181 g/mol. The van der Waals surface area contributed by atoms with Crippen molar-refractivity contribution in [3.8, 4) is 0 Å². The first-order valence-electron chi connectivity index (χ1n) is 4.93. The van der Waals surface area contributed by atoms with Gasteiger partial charge in [0.15, 0.2) is 0 Å². The van der Waals surface area contributed by atoms with Crippen molar-refractivity contribution >= 4 is 0 Å². The second kappa shape index (κ2) is 3.87. The maximum Gasteiger partial charge on any atom is 0.230 e. The highest BCUT2D eigenvalue weighted by Gasteiger charge is 2.29. The summed E-state index contributed by atoms with van der Waals surface area (Å²) in [6, 6.07) is 0. The Hall–Kier alpha value is -0.900. The zero-order valence-electron chi connectivity index (χ0n) is 7.92. The third-order valence-corrected chi connectivity index (χ3v) is 2.11. The largest absolute Gasteiger partial charge is 0.424 e. The van der Waals surface area contributed by atoms with Crippen molar-refractivity contribution in [2.24, 2.45) is 0 Å². The van der Waals surface area contributed by atoms with Crippen LogP contribution in [0, 0.1) is 0 Å². The van der Waals surface area contributed by atoms with Gasteiger partial charge in [-0.25, -0.2) is 0 Å². The van der Waals surface area contributed by atoms with Crippen LogP contribution in [0.4, 0.5) is 0 Å². The van der Waals surface area contributed by atoms with Crippen LogP contribution in [0.5, 0.6) is 0 Å². The van der Waals surface area contributed by atoms with Crippen LogP contribution >= 0.6 is 0 Å². The zero-order valence-corrected chi connectivity index (χ0v) is 7.92. The molecule has 1 fully saturated rings. The summed E-state index contributed by atoms with van der Waals surface area (Å²) in [5.74, 6) is 2.11. The third kappa shape index (κ3) is 2.28. The van der Waals surface area contributed by atoms with Gasteiger partial charge in [-0.15, -0.1) is 10.2 Å².